The molecule has 25 heavy (non-hydrogen) atoms. The van der Waals surface area contributed by atoms with E-state index in [1.54, 1.807) is 36.4 Å². The molecule has 7 heteroatoms. The lowest BCUT2D eigenvalue weighted by Crippen LogP contribution is -2.12. The van der Waals surface area contributed by atoms with Crippen molar-refractivity contribution in [1.29, 1.82) is 0 Å². The molecule has 0 aromatic heterocycles. The Morgan fingerprint density at radius 3 is 2.64 bits per heavy atom. The van der Waals surface area contributed by atoms with Gasteiger partial charge in [-0.1, -0.05) is 30.3 Å². The van der Waals surface area contributed by atoms with Gasteiger partial charge >= 0.3 is 12.1 Å². The van der Waals surface area contributed by atoms with Crippen LogP contribution in [0.15, 0.2) is 54.6 Å². The SMILES string of the molecule is COC(=O)c1ccccc1C1C=C(c2cccc(C(F)(F)F)c2)NO1. The molecule has 0 bridgehead atoms. The highest BCUT2D eigenvalue weighted by Crippen LogP contribution is 2.34. The van der Waals surface area contributed by atoms with Gasteiger partial charge in [-0.3, -0.25) is 10.3 Å². The molecule has 2 aromatic carbocycles. The molecule has 1 unspecified atom stereocenters. The molecule has 0 aliphatic carbocycles. The minimum atomic E-state index is -4.42. The first-order valence-electron chi connectivity index (χ1n) is 7.38. The van der Waals surface area contributed by atoms with Crippen molar-refractivity contribution in [3.05, 3.63) is 76.9 Å². The summed E-state index contributed by atoms with van der Waals surface area (Å²) in [5, 5.41) is 0. The van der Waals surface area contributed by atoms with Gasteiger partial charge < -0.3 is 4.74 Å². The zero-order chi connectivity index (χ0) is 18.0. The Labute approximate surface area is 141 Å². The van der Waals surface area contributed by atoms with Crippen molar-refractivity contribution >= 4 is 11.7 Å². The van der Waals surface area contributed by atoms with Crippen molar-refractivity contribution in [1.82, 2.24) is 5.48 Å². The zero-order valence-electron chi connectivity index (χ0n) is 13.1. The van der Waals surface area contributed by atoms with Crippen LogP contribution in [-0.2, 0) is 15.8 Å². The van der Waals surface area contributed by atoms with E-state index in [4.69, 9.17) is 9.57 Å². The standard InChI is InChI=1S/C18H14F3NO3/c1-24-17(23)14-8-3-2-7-13(14)16-10-15(22-25-16)11-5-4-6-12(9-11)18(19,20)21/h2-10,16,22H,1H3. The van der Waals surface area contributed by atoms with Crippen LogP contribution in [0.3, 0.4) is 0 Å². The third-order valence-electron chi connectivity index (χ3n) is 3.79. The lowest BCUT2D eigenvalue weighted by molar-refractivity contribution is -0.137. The molecule has 3 rings (SSSR count). The summed E-state index contributed by atoms with van der Waals surface area (Å²) >= 11 is 0. The number of alkyl halides is 3. The number of nitrogens with one attached hydrogen (secondary N) is 1. The fourth-order valence-electron chi connectivity index (χ4n) is 2.56. The number of hydrogen-bond donors (Lipinski definition) is 1. The zero-order valence-corrected chi connectivity index (χ0v) is 13.1. The minimum Gasteiger partial charge on any atom is -0.465 e. The first kappa shape index (κ1) is 17.0. The second kappa shape index (κ2) is 6.60. The maximum absolute atomic E-state index is 12.9. The van der Waals surface area contributed by atoms with Crippen molar-refractivity contribution in [3.63, 3.8) is 0 Å². The average Bonchev–Trinajstić information content (AvgIpc) is 3.10. The Hall–Kier alpha value is -2.80. The van der Waals surface area contributed by atoms with Crippen molar-refractivity contribution in [2.45, 2.75) is 12.3 Å². The summed E-state index contributed by atoms with van der Waals surface area (Å²) in [4.78, 5) is 17.3. The molecule has 4 nitrogen and oxygen atoms in total. The first-order valence-corrected chi connectivity index (χ1v) is 7.38. The molecular formula is C18H14F3NO3. The lowest BCUT2D eigenvalue weighted by Gasteiger charge is -2.11. The molecular weight excluding hydrogens is 335 g/mol. The number of halogens is 3. The predicted octanol–water partition coefficient (Wildman–Crippen LogP) is 4.11. The summed E-state index contributed by atoms with van der Waals surface area (Å²) in [7, 11) is 1.27. The van der Waals surface area contributed by atoms with E-state index in [1.807, 2.05) is 0 Å². The number of ether oxygens (including phenoxy) is 1. The van der Waals surface area contributed by atoms with E-state index >= 15 is 0 Å². The third-order valence-corrected chi connectivity index (χ3v) is 3.79. The van der Waals surface area contributed by atoms with E-state index < -0.39 is 23.8 Å². The van der Waals surface area contributed by atoms with E-state index in [0.29, 0.717) is 22.4 Å². The Kier molecular flexibility index (Phi) is 4.50. The molecule has 1 atom stereocenters. The number of carbonyl (C=O) groups is 1. The van der Waals surface area contributed by atoms with E-state index in [0.717, 1.165) is 12.1 Å². The van der Waals surface area contributed by atoms with Crippen LogP contribution in [0.25, 0.3) is 5.70 Å². The molecule has 0 spiro atoms. The maximum atomic E-state index is 12.9. The topological polar surface area (TPSA) is 47.6 Å². The number of rotatable bonds is 3. The smallest absolute Gasteiger partial charge is 0.416 e. The Morgan fingerprint density at radius 2 is 1.92 bits per heavy atom. The number of hydrogen-bond acceptors (Lipinski definition) is 4. The number of esters is 1. The molecule has 0 saturated heterocycles. The second-order valence-electron chi connectivity index (χ2n) is 5.38. The fourth-order valence-corrected chi connectivity index (χ4v) is 2.56. The third kappa shape index (κ3) is 3.51. The summed E-state index contributed by atoms with van der Waals surface area (Å²) in [6.07, 6.45) is -3.43. The molecule has 1 N–H and O–H groups in total. The van der Waals surface area contributed by atoms with Crippen molar-refractivity contribution in [2.24, 2.45) is 0 Å². The quantitative estimate of drug-likeness (QED) is 0.848. The van der Waals surface area contributed by atoms with Crippen LogP contribution in [0, 0.1) is 0 Å². The highest BCUT2D eigenvalue weighted by molar-refractivity contribution is 5.91. The fraction of sp³-hybridized carbons (Fsp3) is 0.167. The minimum absolute atomic E-state index is 0.332. The van der Waals surface area contributed by atoms with Crippen LogP contribution in [0.5, 0.6) is 0 Å². The molecule has 1 aliphatic rings. The van der Waals surface area contributed by atoms with Crippen molar-refractivity contribution < 1.29 is 27.5 Å². The monoisotopic (exact) mass is 349 g/mol. The Morgan fingerprint density at radius 1 is 1.16 bits per heavy atom. The van der Waals surface area contributed by atoms with E-state index in [9.17, 15) is 18.0 Å². The molecule has 0 amide bonds. The Balaban J connectivity index is 1.93. The highest BCUT2D eigenvalue weighted by Gasteiger charge is 2.31. The summed E-state index contributed by atoms with van der Waals surface area (Å²) < 4.78 is 43.3. The van der Waals surface area contributed by atoms with E-state index in [-0.39, 0.29) is 0 Å². The van der Waals surface area contributed by atoms with Gasteiger partial charge in [-0.05, 0) is 24.3 Å². The molecule has 1 heterocycles. The number of hydroxylamine groups is 1. The second-order valence-corrected chi connectivity index (χ2v) is 5.38. The van der Waals surface area contributed by atoms with Gasteiger partial charge in [0.2, 0.25) is 0 Å². The average molecular weight is 349 g/mol. The maximum Gasteiger partial charge on any atom is 0.416 e. The van der Waals surface area contributed by atoms with Crippen LogP contribution >= 0.6 is 0 Å². The van der Waals surface area contributed by atoms with Gasteiger partial charge in [0.25, 0.3) is 0 Å². The number of methoxy groups -OCH3 is 1. The molecule has 1 aliphatic heterocycles. The number of benzene rings is 2. The molecule has 130 valence electrons. The largest absolute Gasteiger partial charge is 0.465 e. The van der Waals surface area contributed by atoms with E-state index in [2.05, 4.69) is 5.48 Å². The van der Waals surface area contributed by atoms with Gasteiger partial charge in [0.05, 0.1) is 23.9 Å². The normalized spacial score (nSPS) is 17.0. The molecule has 0 fully saturated rings. The van der Waals surface area contributed by atoms with Crippen LogP contribution in [0.1, 0.15) is 33.2 Å². The van der Waals surface area contributed by atoms with Gasteiger partial charge in [-0.15, -0.1) is 0 Å². The summed E-state index contributed by atoms with van der Waals surface area (Å²) in [5.41, 5.74) is 3.51. The van der Waals surface area contributed by atoms with E-state index in [1.165, 1.54) is 13.2 Å². The Bertz CT molecular complexity index is 830. The van der Waals surface area contributed by atoms with Gasteiger partial charge in [0, 0.05) is 11.1 Å². The van der Waals surface area contributed by atoms with Crippen LogP contribution < -0.4 is 5.48 Å². The van der Waals surface area contributed by atoms with Gasteiger partial charge in [0.15, 0.2) is 0 Å². The van der Waals surface area contributed by atoms with Crippen molar-refractivity contribution in [2.75, 3.05) is 7.11 Å². The van der Waals surface area contributed by atoms with Crippen LogP contribution in [0.4, 0.5) is 13.2 Å². The summed E-state index contributed by atoms with van der Waals surface area (Å²) in [6, 6.07) is 11.6. The van der Waals surface area contributed by atoms with Crippen molar-refractivity contribution in [3.8, 4) is 0 Å². The van der Waals surface area contributed by atoms with Gasteiger partial charge in [0.1, 0.15) is 6.10 Å². The lowest BCUT2D eigenvalue weighted by atomic mass is 10.0. The van der Waals surface area contributed by atoms with Crippen LogP contribution in [0.2, 0.25) is 0 Å². The molecule has 2 aromatic rings. The molecule has 0 radical (unpaired) electrons. The van der Waals surface area contributed by atoms with Crippen LogP contribution in [-0.4, -0.2) is 13.1 Å². The number of carbonyl (C=O) groups excluding carboxylic acids is 1. The predicted molar refractivity (Wildman–Crippen MR) is 84.2 cm³/mol. The summed E-state index contributed by atoms with van der Waals surface area (Å²) in [5.74, 6) is -0.514. The summed E-state index contributed by atoms with van der Waals surface area (Å²) in [6.45, 7) is 0. The molecule has 0 saturated carbocycles. The van der Waals surface area contributed by atoms with Gasteiger partial charge in [-0.2, -0.15) is 13.2 Å². The first-order chi connectivity index (χ1) is 11.9. The highest BCUT2D eigenvalue weighted by atomic mass is 19.4. The van der Waals surface area contributed by atoms with Gasteiger partial charge in [-0.25, -0.2) is 4.79 Å².